The smallest absolute Gasteiger partial charge is 0.138 e. The lowest BCUT2D eigenvalue weighted by molar-refractivity contribution is 1.18. The molecule has 0 unspecified atom stereocenters. The van der Waals surface area contributed by atoms with Gasteiger partial charge >= 0.3 is 0 Å². The van der Waals surface area contributed by atoms with Crippen molar-refractivity contribution in [3.05, 3.63) is 127 Å². The number of para-hydroxylation sites is 3. The summed E-state index contributed by atoms with van der Waals surface area (Å²) in [6.07, 6.45) is 0. The average molecular weight is 487 g/mol. The van der Waals surface area contributed by atoms with E-state index in [0.717, 1.165) is 62.0 Å². The van der Waals surface area contributed by atoms with Gasteiger partial charge in [-0.2, -0.15) is 0 Å². The van der Waals surface area contributed by atoms with Crippen molar-refractivity contribution in [2.24, 2.45) is 0 Å². The zero-order valence-electron chi connectivity index (χ0n) is 20.5. The lowest BCUT2D eigenvalue weighted by Gasteiger charge is -2.25. The van der Waals surface area contributed by atoms with Crippen LogP contribution in [0.3, 0.4) is 0 Å². The summed E-state index contributed by atoms with van der Waals surface area (Å²) in [7, 11) is 0. The minimum absolute atomic E-state index is 0.858. The fourth-order valence-corrected chi connectivity index (χ4v) is 5.61. The molecule has 8 bridgehead atoms. The fourth-order valence-electron chi connectivity index (χ4n) is 5.61. The molecule has 4 nitrogen and oxygen atoms in total. The van der Waals surface area contributed by atoms with Crippen molar-refractivity contribution in [1.82, 2.24) is 15.0 Å². The number of anilines is 3. The summed E-state index contributed by atoms with van der Waals surface area (Å²) in [5, 5.41) is 2.36. The van der Waals surface area contributed by atoms with Gasteiger partial charge in [-0.05, 0) is 48.5 Å². The van der Waals surface area contributed by atoms with E-state index in [4.69, 9.17) is 9.97 Å². The van der Waals surface area contributed by atoms with E-state index in [-0.39, 0.29) is 0 Å². The third-order valence-corrected chi connectivity index (χ3v) is 7.35. The number of nitrogens with one attached hydrogen (secondary N) is 1. The Morgan fingerprint density at radius 3 is 1.84 bits per heavy atom. The molecule has 0 fully saturated rings. The van der Waals surface area contributed by atoms with Gasteiger partial charge in [0.25, 0.3) is 0 Å². The second kappa shape index (κ2) is 8.15. The van der Waals surface area contributed by atoms with E-state index in [1.807, 2.05) is 6.07 Å². The van der Waals surface area contributed by atoms with Crippen LogP contribution in [0, 0.1) is 0 Å². The minimum atomic E-state index is 0.858. The molecule has 0 saturated carbocycles. The van der Waals surface area contributed by atoms with Gasteiger partial charge in [-0.1, -0.05) is 78.9 Å². The van der Waals surface area contributed by atoms with Crippen molar-refractivity contribution < 1.29 is 0 Å². The second-order valence-electron chi connectivity index (χ2n) is 9.59. The Balaban J connectivity index is 1.51. The average Bonchev–Trinajstić information content (AvgIpc) is 3.37. The zero-order valence-corrected chi connectivity index (χ0v) is 20.5. The first-order valence-electron chi connectivity index (χ1n) is 12.8. The van der Waals surface area contributed by atoms with E-state index < -0.39 is 0 Å². The molecule has 7 aromatic rings. The Bertz CT molecular complexity index is 1990. The molecule has 1 N–H and O–H groups in total. The van der Waals surface area contributed by atoms with Gasteiger partial charge in [-0.25, -0.2) is 9.97 Å². The zero-order chi connectivity index (χ0) is 25.1. The summed E-state index contributed by atoms with van der Waals surface area (Å²) >= 11 is 0. The topological polar surface area (TPSA) is 44.8 Å². The number of hydrogen-bond acceptors (Lipinski definition) is 3. The summed E-state index contributed by atoms with van der Waals surface area (Å²) in [6, 6.07) is 44.3. The SMILES string of the molecule is c1ccc(N2c3cccc(c3)-c3cccc(n3)-c3cccc4c3[nH]c3c(cccc34)-c3cccc2n3)cc1. The summed E-state index contributed by atoms with van der Waals surface area (Å²) < 4.78 is 0. The maximum absolute atomic E-state index is 5.23. The maximum atomic E-state index is 5.23. The molecule has 0 aliphatic carbocycles. The van der Waals surface area contributed by atoms with Gasteiger partial charge in [0.2, 0.25) is 0 Å². The quantitative estimate of drug-likeness (QED) is 0.252. The molecule has 0 saturated heterocycles. The summed E-state index contributed by atoms with van der Waals surface area (Å²) in [5.74, 6) is 0.858. The molecule has 38 heavy (non-hydrogen) atoms. The fraction of sp³-hybridized carbons (Fsp3) is 0. The number of benzene rings is 4. The van der Waals surface area contributed by atoms with Crippen molar-refractivity contribution in [2.75, 3.05) is 4.90 Å². The highest BCUT2D eigenvalue weighted by atomic mass is 15.2. The number of hydrogen-bond donors (Lipinski definition) is 1. The summed E-state index contributed by atoms with van der Waals surface area (Å²) in [4.78, 5) is 16.3. The van der Waals surface area contributed by atoms with Crippen LogP contribution in [0.1, 0.15) is 0 Å². The predicted octanol–water partition coefficient (Wildman–Crippen LogP) is 8.90. The Morgan fingerprint density at radius 1 is 0.474 bits per heavy atom. The van der Waals surface area contributed by atoms with Gasteiger partial charge in [0.15, 0.2) is 0 Å². The van der Waals surface area contributed by atoms with Crippen LogP contribution >= 0.6 is 0 Å². The number of nitrogens with zero attached hydrogens (tertiary/aromatic N) is 3. The van der Waals surface area contributed by atoms with Crippen LogP contribution in [0.5, 0.6) is 0 Å². The van der Waals surface area contributed by atoms with Gasteiger partial charge in [0.05, 0.1) is 28.1 Å². The predicted molar refractivity (Wildman–Crippen MR) is 156 cm³/mol. The van der Waals surface area contributed by atoms with Crippen molar-refractivity contribution in [1.29, 1.82) is 0 Å². The van der Waals surface area contributed by atoms with Crippen molar-refractivity contribution in [2.45, 2.75) is 0 Å². The number of pyridine rings is 2. The van der Waals surface area contributed by atoms with E-state index in [2.05, 4.69) is 131 Å². The molecule has 4 heterocycles. The van der Waals surface area contributed by atoms with Crippen LogP contribution in [0.2, 0.25) is 0 Å². The maximum Gasteiger partial charge on any atom is 0.138 e. The van der Waals surface area contributed by atoms with Gasteiger partial charge in [-0.15, -0.1) is 0 Å². The second-order valence-corrected chi connectivity index (χ2v) is 9.59. The highest BCUT2D eigenvalue weighted by Gasteiger charge is 2.19. The third-order valence-electron chi connectivity index (χ3n) is 7.35. The molecule has 0 spiro atoms. The van der Waals surface area contributed by atoms with E-state index in [1.54, 1.807) is 0 Å². The van der Waals surface area contributed by atoms with E-state index >= 15 is 0 Å². The highest BCUT2D eigenvalue weighted by molar-refractivity contribution is 6.15. The van der Waals surface area contributed by atoms with Crippen molar-refractivity contribution in [3.63, 3.8) is 0 Å². The molecule has 0 amide bonds. The minimum Gasteiger partial charge on any atom is -0.353 e. The molecule has 178 valence electrons. The number of aromatic amines is 1. The number of H-pyrrole nitrogens is 1. The molecule has 0 radical (unpaired) electrons. The molecule has 0 atom stereocenters. The van der Waals surface area contributed by atoms with E-state index in [1.165, 1.54) is 10.8 Å². The largest absolute Gasteiger partial charge is 0.353 e. The Kier molecular flexibility index (Phi) is 4.49. The number of fused-ring (bicyclic) bond motifs is 10. The first kappa shape index (κ1) is 20.9. The number of rotatable bonds is 1. The molecule has 8 rings (SSSR count). The standard InChI is InChI=1S/C34H22N4/c1-2-10-23(11-3-1)38-24-12-4-9-22(21-24)29-17-7-18-30(35-29)27-15-5-13-25-26-14-6-16-28(34(26)37-33(25)27)31-19-8-20-32(38)36-31/h1-21,37H. The lowest BCUT2D eigenvalue weighted by Crippen LogP contribution is -2.12. The molecular weight excluding hydrogens is 464 g/mol. The molecule has 1 aliphatic rings. The van der Waals surface area contributed by atoms with Crippen LogP contribution in [-0.4, -0.2) is 15.0 Å². The van der Waals surface area contributed by atoms with E-state index in [0.29, 0.717) is 0 Å². The highest BCUT2D eigenvalue weighted by Crippen LogP contribution is 2.40. The molecular formula is C34H22N4. The Labute approximate surface area is 219 Å². The summed E-state index contributed by atoms with van der Waals surface area (Å²) in [6.45, 7) is 0. The van der Waals surface area contributed by atoms with Gasteiger partial charge in [0.1, 0.15) is 5.82 Å². The number of aromatic nitrogens is 3. The van der Waals surface area contributed by atoms with Crippen molar-refractivity contribution >= 4 is 39.0 Å². The molecule has 4 heteroatoms. The Hall–Kier alpha value is -5.22. The van der Waals surface area contributed by atoms with Crippen LogP contribution in [0.25, 0.3) is 55.6 Å². The lowest BCUT2D eigenvalue weighted by atomic mass is 10.0. The van der Waals surface area contributed by atoms with Crippen LogP contribution in [0.4, 0.5) is 17.2 Å². The first-order chi connectivity index (χ1) is 18.8. The monoisotopic (exact) mass is 486 g/mol. The first-order valence-corrected chi connectivity index (χ1v) is 12.8. The van der Waals surface area contributed by atoms with E-state index in [9.17, 15) is 0 Å². The molecule has 1 aliphatic heterocycles. The van der Waals surface area contributed by atoms with Gasteiger partial charge in [0, 0.05) is 38.8 Å². The molecule has 3 aromatic heterocycles. The third kappa shape index (κ3) is 3.17. The van der Waals surface area contributed by atoms with Crippen LogP contribution < -0.4 is 4.90 Å². The van der Waals surface area contributed by atoms with Gasteiger partial charge in [-0.3, -0.25) is 4.90 Å². The van der Waals surface area contributed by atoms with Crippen molar-refractivity contribution in [3.8, 4) is 33.8 Å². The summed E-state index contributed by atoms with van der Waals surface area (Å²) in [5.41, 5.74) is 10.3. The van der Waals surface area contributed by atoms with Crippen LogP contribution in [0.15, 0.2) is 127 Å². The Morgan fingerprint density at radius 2 is 1.08 bits per heavy atom. The molecule has 4 aromatic carbocycles. The normalized spacial score (nSPS) is 12.2. The van der Waals surface area contributed by atoms with Gasteiger partial charge < -0.3 is 4.98 Å². The van der Waals surface area contributed by atoms with Crippen LogP contribution in [-0.2, 0) is 0 Å².